The number of nitrogens with zero attached hydrogens (tertiary/aromatic N) is 4. The molecular weight excluding hydrogens is 320 g/mol. The first-order chi connectivity index (χ1) is 12.8. The summed E-state index contributed by atoms with van der Waals surface area (Å²) < 4.78 is 0. The molecule has 26 heavy (non-hydrogen) atoms. The van der Waals surface area contributed by atoms with Crippen LogP contribution in [0.25, 0.3) is 10.4 Å². The number of hydrogen-bond donors (Lipinski definition) is 0. The summed E-state index contributed by atoms with van der Waals surface area (Å²) in [7, 11) is 0. The van der Waals surface area contributed by atoms with E-state index in [2.05, 4.69) is 45.8 Å². The molecule has 1 aliphatic rings. The summed E-state index contributed by atoms with van der Waals surface area (Å²) in [5, 5.41) is 3.83. The summed E-state index contributed by atoms with van der Waals surface area (Å²) in [6, 6.07) is 10.8. The number of likely N-dealkylation sites (tertiary alicyclic amines) is 1. The zero-order valence-corrected chi connectivity index (χ0v) is 16.1. The number of benzene rings is 1. The Bertz CT molecular complexity index is 610. The van der Waals surface area contributed by atoms with Gasteiger partial charge in [0.15, 0.2) is 0 Å². The summed E-state index contributed by atoms with van der Waals surface area (Å²) in [4.78, 5) is 5.44. The van der Waals surface area contributed by atoms with Crippen molar-refractivity contribution in [2.75, 3.05) is 13.1 Å². The van der Waals surface area contributed by atoms with E-state index in [0.717, 1.165) is 24.9 Å². The van der Waals surface area contributed by atoms with E-state index < -0.39 is 0 Å². The third kappa shape index (κ3) is 7.12. The van der Waals surface area contributed by atoms with Crippen molar-refractivity contribution in [1.29, 1.82) is 0 Å². The van der Waals surface area contributed by atoms with Crippen LogP contribution >= 0.6 is 0 Å². The highest BCUT2D eigenvalue weighted by molar-refractivity contribution is 5.35. The van der Waals surface area contributed by atoms with Crippen molar-refractivity contribution < 1.29 is 0 Å². The Morgan fingerprint density at radius 1 is 1.19 bits per heavy atom. The highest BCUT2D eigenvalue weighted by atomic mass is 15.2. The first-order valence-electron chi connectivity index (χ1n) is 10.2. The van der Waals surface area contributed by atoms with E-state index in [9.17, 15) is 0 Å². The summed E-state index contributed by atoms with van der Waals surface area (Å²) in [5.74, 6) is 6.89. The highest BCUT2D eigenvalue weighted by Gasteiger charge is 2.29. The van der Waals surface area contributed by atoms with Crippen molar-refractivity contribution in [3.05, 3.63) is 46.3 Å². The van der Waals surface area contributed by atoms with E-state index in [-0.39, 0.29) is 6.04 Å². The number of hydrogen-bond acceptors (Lipinski definition) is 2. The fourth-order valence-electron chi connectivity index (χ4n) is 3.72. The average Bonchev–Trinajstić information content (AvgIpc) is 3.14. The molecule has 0 amide bonds. The SMILES string of the molecule is CCCCCCCC[C@@H](C#Cc1ccccc1)N1CCC[C@H]1CN=[N+]=[N-]. The summed E-state index contributed by atoms with van der Waals surface area (Å²) >= 11 is 0. The molecule has 0 aromatic heterocycles. The summed E-state index contributed by atoms with van der Waals surface area (Å²) in [6.45, 7) is 3.89. The van der Waals surface area contributed by atoms with Crippen LogP contribution in [0.1, 0.15) is 70.3 Å². The molecule has 1 aromatic rings. The van der Waals surface area contributed by atoms with Gasteiger partial charge < -0.3 is 0 Å². The van der Waals surface area contributed by atoms with Gasteiger partial charge in [0.1, 0.15) is 0 Å². The Balaban J connectivity index is 1.98. The topological polar surface area (TPSA) is 52.0 Å². The molecule has 1 fully saturated rings. The second-order valence-electron chi connectivity index (χ2n) is 7.15. The molecule has 2 rings (SSSR count). The maximum atomic E-state index is 8.66. The molecule has 4 heteroatoms. The van der Waals surface area contributed by atoms with Crippen molar-refractivity contribution in [1.82, 2.24) is 4.90 Å². The van der Waals surface area contributed by atoms with E-state index in [4.69, 9.17) is 5.53 Å². The zero-order valence-electron chi connectivity index (χ0n) is 16.1. The molecule has 0 unspecified atom stereocenters. The molecule has 140 valence electrons. The van der Waals surface area contributed by atoms with Crippen LogP contribution in [0.15, 0.2) is 35.4 Å². The van der Waals surface area contributed by atoms with Gasteiger partial charge in [0.2, 0.25) is 0 Å². The molecule has 0 radical (unpaired) electrons. The third-order valence-corrected chi connectivity index (χ3v) is 5.17. The molecule has 1 aromatic carbocycles. The number of unbranched alkanes of at least 4 members (excludes halogenated alkanes) is 5. The van der Waals surface area contributed by atoms with Gasteiger partial charge >= 0.3 is 0 Å². The Kier molecular flexibility index (Phi) is 9.72. The second kappa shape index (κ2) is 12.4. The Morgan fingerprint density at radius 2 is 1.96 bits per heavy atom. The number of rotatable bonds is 10. The minimum absolute atomic E-state index is 0.266. The minimum Gasteiger partial charge on any atom is -0.287 e. The van der Waals surface area contributed by atoms with E-state index in [1.165, 1.54) is 44.9 Å². The van der Waals surface area contributed by atoms with Crippen molar-refractivity contribution in [2.45, 2.75) is 76.8 Å². The minimum atomic E-state index is 0.266. The standard InChI is InChI=1S/C22H32N4/c1-2-3-4-5-6-10-14-21(17-16-20-12-8-7-9-13-20)26-18-11-15-22(26)19-24-25-23/h7-9,12-13,21-22H,2-6,10-11,14-15,18-19H2,1H3/t21-,22-/m0/s1. The van der Waals surface area contributed by atoms with Crippen molar-refractivity contribution in [2.24, 2.45) is 5.11 Å². The average molecular weight is 353 g/mol. The van der Waals surface area contributed by atoms with Gasteiger partial charge in [-0.2, -0.15) is 0 Å². The Hall–Kier alpha value is -1.95. The number of azide groups is 1. The normalized spacial score (nSPS) is 18.0. The van der Waals surface area contributed by atoms with Crippen LogP contribution in [0, 0.1) is 11.8 Å². The first kappa shape index (κ1) is 20.4. The maximum absolute atomic E-state index is 8.66. The van der Waals surface area contributed by atoms with Crippen LogP contribution in [0.4, 0.5) is 0 Å². The van der Waals surface area contributed by atoms with E-state index >= 15 is 0 Å². The van der Waals surface area contributed by atoms with Crippen molar-refractivity contribution in [3.8, 4) is 11.8 Å². The van der Waals surface area contributed by atoms with Crippen LogP contribution in [0.2, 0.25) is 0 Å². The lowest BCUT2D eigenvalue weighted by molar-refractivity contribution is 0.209. The molecule has 2 atom stereocenters. The molecule has 0 N–H and O–H groups in total. The Labute approximate surface area is 158 Å². The van der Waals surface area contributed by atoms with Gasteiger partial charge in [0.25, 0.3) is 0 Å². The molecule has 1 heterocycles. The molecule has 1 saturated heterocycles. The largest absolute Gasteiger partial charge is 0.287 e. The zero-order chi connectivity index (χ0) is 18.5. The van der Waals surface area contributed by atoms with Crippen molar-refractivity contribution >= 4 is 0 Å². The van der Waals surface area contributed by atoms with Gasteiger partial charge in [-0.3, -0.25) is 4.90 Å². The molecule has 0 spiro atoms. The molecule has 1 aliphatic heterocycles. The monoisotopic (exact) mass is 352 g/mol. The van der Waals surface area contributed by atoms with E-state index in [0.29, 0.717) is 12.6 Å². The quantitative estimate of drug-likeness (QED) is 0.169. The van der Waals surface area contributed by atoms with Gasteiger partial charge in [-0.05, 0) is 43.5 Å². The molecular formula is C22H32N4. The lowest BCUT2D eigenvalue weighted by Crippen LogP contribution is -2.39. The Morgan fingerprint density at radius 3 is 2.73 bits per heavy atom. The fraction of sp³-hybridized carbons (Fsp3) is 0.636. The van der Waals surface area contributed by atoms with Gasteiger partial charge in [-0.25, -0.2) is 0 Å². The van der Waals surface area contributed by atoms with Crippen molar-refractivity contribution in [3.63, 3.8) is 0 Å². The van der Waals surface area contributed by atoms with Crippen LogP contribution in [-0.4, -0.2) is 30.1 Å². The molecule has 0 saturated carbocycles. The molecule has 0 bridgehead atoms. The smallest absolute Gasteiger partial charge is 0.0720 e. The highest BCUT2D eigenvalue weighted by Crippen LogP contribution is 2.23. The van der Waals surface area contributed by atoms with Gasteiger partial charge in [-0.15, -0.1) is 0 Å². The van der Waals surface area contributed by atoms with Gasteiger partial charge in [0.05, 0.1) is 6.04 Å². The first-order valence-corrected chi connectivity index (χ1v) is 10.2. The summed E-state index contributed by atoms with van der Waals surface area (Å²) in [5.41, 5.74) is 9.73. The van der Waals surface area contributed by atoms with Crippen LogP contribution in [0.5, 0.6) is 0 Å². The van der Waals surface area contributed by atoms with Gasteiger partial charge in [-0.1, -0.05) is 80.6 Å². The maximum Gasteiger partial charge on any atom is 0.0720 e. The molecule has 0 aliphatic carbocycles. The lowest BCUT2D eigenvalue weighted by atomic mass is 10.0. The fourth-order valence-corrected chi connectivity index (χ4v) is 3.72. The van der Waals surface area contributed by atoms with Gasteiger partial charge in [0, 0.05) is 23.1 Å². The van der Waals surface area contributed by atoms with E-state index in [1.54, 1.807) is 0 Å². The van der Waals surface area contributed by atoms with Crippen LogP contribution in [-0.2, 0) is 0 Å². The third-order valence-electron chi connectivity index (χ3n) is 5.17. The second-order valence-corrected chi connectivity index (χ2v) is 7.15. The summed E-state index contributed by atoms with van der Waals surface area (Å²) in [6.07, 6.45) is 11.2. The molecule has 4 nitrogen and oxygen atoms in total. The van der Waals surface area contributed by atoms with Crippen LogP contribution in [0.3, 0.4) is 0 Å². The van der Waals surface area contributed by atoms with Crippen LogP contribution < -0.4 is 0 Å². The predicted octanol–water partition coefficient (Wildman–Crippen LogP) is 5.93. The lowest BCUT2D eigenvalue weighted by Gasteiger charge is -2.29. The predicted molar refractivity (Wildman–Crippen MR) is 109 cm³/mol. The van der Waals surface area contributed by atoms with E-state index in [1.807, 2.05) is 18.2 Å².